The van der Waals surface area contributed by atoms with Gasteiger partial charge in [0.25, 0.3) is 0 Å². The van der Waals surface area contributed by atoms with Crippen molar-refractivity contribution in [2.45, 2.75) is 71.3 Å². The molecule has 1 heterocycles. The van der Waals surface area contributed by atoms with E-state index in [2.05, 4.69) is 38.3 Å². The van der Waals surface area contributed by atoms with Crippen LogP contribution in [0, 0.1) is 0 Å². The molecule has 0 aromatic carbocycles. The van der Waals surface area contributed by atoms with Crippen molar-refractivity contribution in [3.05, 3.63) is 21.9 Å². The summed E-state index contributed by atoms with van der Waals surface area (Å²) < 4.78 is 0. The first-order valence-electron chi connectivity index (χ1n) is 7.55. The molecule has 0 spiro atoms. The summed E-state index contributed by atoms with van der Waals surface area (Å²) >= 11 is 1.98. The lowest BCUT2D eigenvalue weighted by Gasteiger charge is -2.15. The largest absolute Gasteiger partial charge is 0.317 e. The number of hydrogen-bond acceptors (Lipinski definition) is 2. The molecule has 18 heavy (non-hydrogen) atoms. The van der Waals surface area contributed by atoms with Crippen LogP contribution in [0.25, 0.3) is 0 Å². The van der Waals surface area contributed by atoms with Gasteiger partial charge in [0.05, 0.1) is 0 Å². The van der Waals surface area contributed by atoms with Crippen LogP contribution in [0.5, 0.6) is 0 Å². The minimum absolute atomic E-state index is 0.662. The van der Waals surface area contributed by atoms with Crippen molar-refractivity contribution >= 4 is 11.3 Å². The Labute approximate surface area is 117 Å². The second-order valence-corrected chi connectivity index (χ2v) is 6.37. The third-order valence-corrected chi connectivity index (χ3v) is 4.83. The number of unbranched alkanes of at least 4 members (excludes halogenated alkanes) is 4. The van der Waals surface area contributed by atoms with Crippen molar-refractivity contribution in [2.24, 2.45) is 0 Å². The van der Waals surface area contributed by atoms with Crippen molar-refractivity contribution < 1.29 is 0 Å². The Hall–Kier alpha value is -0.340. The van der Waals surface area contributed by atoms with Gasteiger partial charge in [-0.15, -0.1) is 11.3 Å². The van der Waals surface area contributed by atoms with Crippen molar-refractivity contribution in [3.8, 4) is 0 Å². The molecular formula is C16H29NS. The molecule has 0 fully saturated rings. The first-order chi connectivity index (χ1) is 8.80. The standard InChI is InChI=1S/C16H29NS/c1-4-6-7-8-9-10-14(17-3)13-16-12-11-15(5-2)18-16/h11-12,14,17H,4-10,13H2,1-3H3. The van der Waals surface area contributed by atoms with Crippen LogP contribution < -0.4 is 5.32 Å². The van der Waals surface area contributed by atoms with Crippen molar-refractivity contribution in [1.29, 1.82) is 0 Å². The predicted octanol–water partition coefficient (Wildman–Crippen LogP) is 4.80. The number of likely N-dealkylation sites (N-methyl/N-ethyl adjacent to an activating group) is 1. The minimum Gasteiger partial charge on any atom is -0.317 e. The first kappa shape index (κ1) is 15.7. The third kappa shape index (κ3) is 6.01. The molecule has 0 saturated carbocycles. The van der Waals surface area contributed by atoms with Crippen LogP contribution in [-0.4, -0.2) is 13.1 Å². The molecule has 1 aromatic rings. The fourth-order valence-electron chi connectivity index (χ4n) is 2.31. The average molecular weight is 267 g/mol. The summed E-state index contributed by atoms with van der Waals surface area (Å²) in [6.45, 7) is 4.51. The number of aryl methyl sites for hydroxylation is 1. The van der Waals surface area contributed by atoms with Crippen LogP contribution in [-0.2, 0) is 12.8 Å². The summed E-state index contributed by atoms with van der Waals surface area (Å²) in [6, 6.07) is 5.26. The Bertz CT molecular complexity index is 306. The van der Waals surface area contributed by atoms with Gasteiger partial charge >= 0.3 is 0 Å². The third-order valence-electron chi connectivity index (χ3n) is 3.58. The highest BCUT2D eigenvalue weighted by atomic mass is 32.1. The molecule has 104 valence electrons. The van der Waals surface area contributed by atoms with Gasteiger partial charge in [-0.25, -0.2) is 0 Å². The SMILES string of the molecule is CCCCCCCC(Cc1ccc(CC)s1)NC. The van der Waals surface area contributed by atoms with E-state index in [1.54, 1.807) is 4.88 Å². The zero-order valence-electron chi connectivity index (χ0n) is 12.3. The molecule has 0 aliphatic heterocycles. The van der Waals surface area contributed by atoms with Crippen molar-refractivity contribution in [2.75, 3.05) is 7.05 Å². The highest BCUT2D eigenvalue weighted by Crippen LogP contribution is 2.20. The lowest BCUT2D eigenvalue weighted by atomic mass is 10.0. The lowest BCUT2D eigenvalue weighted by Crippen LogP contribution is -2.27. The van der Waals surface area contributed by atoms with Crippen LogP contribution in [0.15, 0.2) is 12.1 Å². The van der Waals surface area contributed by atoms with E-state index in [0.717, 1.165) is 0 Å². The molecule has 1 atom stereocenters. The summed E-state index contributed by atoms with van der Waals surface area (Å²) in [7, 11) is 2.10. The smallest absolute Gasteiger partial charge is 0.0112 e. The molecule has 0 aliphatic carbocycles. The lowest BCUT2D eigenvalue weighted by molar-refractivity contribution is 0.484. The second kappa shape index (κ2) is 9.57. The van der Waals surface area contributed by atoms with E-state index < -0.39 is 0 Å². The summed E-state index contributed by atoms with van der Waals surface area (Å²) in [5, 5.41) is 3.48. The van der Waals surface area contributed by atoms with E-state index in [-0.39, 0.29) is 0 Å². The number of thiophene rings is 1. The fourth-order valence-corrected chi connectivity index (χ4v) is 3.35. The summed E-state index contributed by atoms with van der Waals surface area (Å²) in [5.74, 6) is 0. The average Bonchev–Trinajstić information content (AvgIpc) is 2.84. The van der Waals surface area contributed by atoms with Gasteiger partial charge in [-0.1, -0.05) is 46.0 Å². The zero-order chi connectivity index (χ0) is 13.2. The number of rotatable bonds is 10. The van der Waals surface area contributed by atoms with E-state index in [1.165, 1.54) is 56.2 Å². The van der Waals surface area contributed by atoms with E-state index in [0.29, 0.717) is 6.04 Å². The van der Waals surface area contributed by atoms with Crippen LogP contribution in [0.2, 0.25) is 0 Å². The molecule has 2 heteroatoms. The van der Waals surface area contributed by atoms with Gasteiger partial charge < -0.3 is 5.32 Å². The molecule has 0 amide bonds. The normalized spacial score (nSPS) is 12.8. The predicted molar refractivity (Wildman–Crippen MR) is 83.6 cm³/mol. The first-order valence-corrected chi connectivity index (χ1v) is 8.36. The molecule has 1 N–H and O–H groups in total. The molecule has 0 bridgehead atoms. The summed E-state index contributed by atoms with van der Waals surface area (Å²) in [5.41, 5.74) is 0. The monoisotopic (exact) mass is 267 g/mol. The highest BCUT2D eigenvalue weighted by molar-refractivity contribution is 7.11. The van der Waals surface area contributed by atoms with Crippen LogP contribution >= 0.6 is 11.3 Å². The van der Waals surface area contributed by atoms with Gasteiger partial charge in [0.2, 0.25) is 0 Å². The summed E-state index contributed by atoms with van der Waals surface area (Å²) in [4.78, 5) is 3.06. The molecule has 0 aliphatic rings. The second-order valence-electron chi connectivity index (χ2n) is 5.11. The van der Waals surface area contributed by atoms with Gasteiger partial charge in [-0.3, -0.25) is 0 Å². The van der Waals surface area contributed by atoms with Crippen molar-refractivity contribution in [1.82, 2.24) is 5.32 Å². The maximum absolute atomic E-state index is 3.48. The molecule has 0 radical (unpaired) electrons. The molecule has 1 rings (SSSR count). The fraction of sp³-hybridized carbons (Fsp3) is 0.750. The maximum Gasteiger partial charge on any atom is 0.0112 e. The van der Waals surface area contributed by atoms with Crippen molar-refractivity contribution in [3.63, 3.8) is 0 Å². The Balaban J connectivity index is 2.24. The maximum atomic E-state index is 3.48. The van der Waals surface area contributed by atoms with E-state index in [1.807, 2.05) is 11.3 Å². The molecule has 1 aromatic heterocycles. The van der Waals surface area contributed by atoms with Gasteiger partial charge in [0, 0.05) is 15.8 Å². The Kier molecular flexibility index (Phi) is 8.36. The van der Waals surface area contributed by atoms with E-state index in [9.17, 15) is 0 Å². The van der Waals surface area contributed by atoms with E-state index in [4.69, 9.17) is 0 Å². The topological polar surface area (TPSA) is 12.0 Å². The minimum atomic E-state index is 0.662. The van der Waals surface area contributed by atoms with Crippen LogP contribution in [0.4, 0.5) is 0 Å². The van der Waals surface area contributed by atoms with Gasteiger partial charge in [0.1, 0.15) is 0 Å². The Morgan fingerprint density at radius 1 is 1.06 bits per heavy atom. The van der Waals surface area contributed by atoms with Crippen LogP contribution in [0.1, 0.15) is 62.1 Å². The highest BCUT2D eigenvalue weighted by Gasteiger charge is 2.08. The molecule has 1 nitrogen and oxygen atoms in total. The van der Waals surface area contributed by atoms with Crippen LogP contribution in [0.3, 0.4) is 0 Å². The summed E-state index contributed by atoms with van der Waals surface area (Å²) in [6.07, 6.45) is 10.6. The Morgan fingerprint density at radius 3 is 2.39 bits per heavy atom. The molecule has 0 saturated heterocycles. The molecule has 1 unspecified atom stereocenters. The zero-order valence-corrected chi connectivity index (χ0v) is 13.1. The van der Waals surface area contributed by atoms with Gasteiger partial charge in [0.15, 0.2) is 0 Å². The Morgan fingerprint density at radius 2 is 1.78 bits per heavy atom. The quantitative estimate of drug-likeness (QED) is 0.600. The molecular weight excluding hydrogens is 238 g/mol. The number of hydrogen-bond donors (Lipinski definition) is 1. The van der Waals surface area contributed by atoms with E-state index >= 15 is 0 Å². The van der Waals surface area contributed by atoms with Gasteiger partial charge in [-0.05, 0) is 38.4 Å². The number of nitrogens with one attached hydrogen (secondary N) is 1. The van der Waals surface area contributed by atoms with Gasteiger partial charge in [-0.2, -0.15) is 0 Å².